The predicted molar refractivity (Wildman–Crippen MR) is 39.2 cm³/mol. The van der Waals surface area contributed by atoms with Crippen molar-refractivity contribution in [2.75, 3.05) is 13.2 Å². The van der Waals surface area contributed by atoms with Gasteiger partial charge in [0.2, 0.25) is 0 Å². The first-order valence-electron chi connectivity index (χ1n) is 3.41. The molecular formula is C6H13NO5. The third-order valence-corrected chi connectivity index (χ3v) is 1.43. The van der Waals surface area contributed by atoms with Gasteiger partial charge in [-0.2, -0.15) is 0 Å². The highest BCUT2D eigenvalue weighted by Gasteiger charge is 2.26. The van der Waals surface area contributed by atoms with Crippen molar-refractivity contribution < 1.29 is 25.2 Å². The maximum absolute atomic E-state index is 10.9. The summed E-state index contributed by atoms with van der Waals surface area (Å²) >= 11 is 0. The average Bonchev–Trinajstić information content (AvgIpc) is 2.12. The van der Waals surface area contributed by atoms with E-state index in [2.05, 4.69) is 0 Å². The summed E-state index contributed by atoms with van der Waals surface area (Å²) in [6.45, 7) is -1.41. The number of rotatable bonds is 5. The van der Waals surface area contributed by atoms with Gasteiger partial charge in [-0.3, -0.25) is 4.79 Å². The Morgan fingerprint density at radius 2 is 1.75 bits per heavy atom. The van der Waals surface area contributed by atoms with Crippen LogP contribution < -0.4 is 5.73 Å². The highest BCUT2D eigenvalue weighted by molar-refractivity contribution is 5.88. The summed E-state index contributed by atoms with van der Waals surface area (Å²) in [5, 5.41) is 34.3. The fourth-order valence-electron chi connectivity index (χ4n) is 0.615. The van der Waals surface area contributed by atoms with Crippen molar-refractivity contribution in [2.45, 2.75) is 18.2 Å². The van der Waals surface area contributed by atoms with E-state index in [0.29, 0.717) is 0 Å². The van der Waals surface area contributed by atoms with E-state index in [9.17, 15) is 4.79 Å². The number of hydrogen-bond donors (Lipinski definition) is 5. The Balaban J connectivity index is 4.09. The predicted octanol–water partition coefficient (Wildman–Crippen LogP) is -3.41. The summed E-state index contributed by atoms with van der Waals surface area (Å²) in [4.78, 5) is 10.9. The summed E-state index contributed by atoms with van der Waals surface area (Å²) < 4.78 is 0. The molecule has 0 aliphatic heterocycles. The van der Waals surface area contributed by atoms with E-state index in [1.165, 1.54) is 0 Å². The van der Waals surface area contributed by atoms with E-state index in [-0.39, 0.29) is 0 Å². The molecule has 6 N–H and O–H groups in total. The number of aliphatic hydroxyl groups excluding tert-OH is 4. The summed E-state index contributed by atoms with van der Waals surface area (Å²) in [5.41, 5.74) is 5.12. The molecule has 0 aliphatic rings. The Morgan fingerprint density at radius 1 is 1.25 bits per heavy atom. The fourth-order valence-corrected chi connectivity index (χ4v) is 0.615. The number of Topliss-reactive ketones (excluding diaryl/α,β-unsaturated/α-hetero) is 1. The van der Waals surface area contributed by atoms with Crippen molar-refractivity contribution in [3.63, 3.8) is 0 Å². The van der Waals surface area contributed by atoms with Crippen molar-refractivity contribution in [1.29, 1.82) is 0 Å². The van der Waals surface area contributed by atoms with Crippen LogP contribution in [0.3, 0.4) is 0 Å². The molecule has 0 unspecified atom stereocenters. The van der Waals surface area contributed by atoms with Gasteiger partial charge in [0.05, 0.1) is 25.4 Å². The summed E-state index contributed by atoms with van der Waals surface area (Å²) in [6, 6.07) is -1.36. The standard InChI is InChI=1S/C6H13NO5/c7-5(3(10)1-8)6(12)4(11)2-9/h3-5,8-11H,1-2,7H2/t3-,4+,5+/m1/s1. The van der Waals surface area contributed by atoms with Crippen LogP contribution in [0.25, 0.3) is 0 Å². The van der Waals surface area contributed by atoms with Crippen LogP contribution in [0.1, 0.15) is 0 Å². The van der Waals surface area contributed by atoms with Crippen LogP contribution in [-0.2, 0) is 4.79 Å². The largest absolute Gasteiger partial charge is 0.394 e. The van der Waals surface area contributed by atoms with Gasteiger partial charge < -0.3 is 26.2 Å². The minimum absolute atomic E-state index is 0.662. The van der Waals surface area contributed by atoms with Crippen LogP contribution in [0.2, 0.25) is 0 Å². The van der Waals surface area contributed by atoms with E-state index in [0.717, 1.165) is 0 Å². The van der Waals surface area contributed by atoms with Crippen molar-refractivity contribution in [2.24, 2.45) is 5.73 Å². The molecule has 0 heterocycles. The molecule has 0 spiro atoms. The number of ketones is 1. The van der Waals surface area contributed by atoms with E-state index in [1.54, 1.807) is 0 Å². The van der Waals surface area contributed by atoms with Crippen molar-refractivity contribution >= 4 is 5.78 Å². The second-order valence-electron chi connectivity index (χ2n) is 2.38. The average molecular weight is 179 g/mol. The van der Waals surface area contributed by atoms with Gasteiger partial charge in [0.1, 0.15) is 6.10 Å². The Bertz CT molecular complexity index is 151. The minimum atomic E-state index is -1.60. The molecule has 3 atom stereocenters. The van der Waals surface area contributed by atoms with Gasteiger partial charge in [-0.25, -0.2) is 0 Å². The monoisotopic (exact) mass is 179 g/mol. The highest BCUT2D eigenvalue weighted by Crippen LogP contribution is 1.95. The fraction of sp³-hybridized carbons (Fsp3) is 0.833. The third-order valence-electron chi connectivity index (χ3n) is 1.43. The first kappa shape index (κ1) is 11.5. The zero-order valence-corrected chi connectivity index (χ0v) is 6.42. The molecule has 0 radical (unpaired) electrons. The van der Waals surface area contributed by atoms with E-state index in [1.807, 2.05) is 0 Å². The van der Waals surface area contributed by atoms with E-state index >= 15 is 0 Å². The maximum Gasteiger partial charge on any atom is 0.182 e. The van der Waals surface area contributed by atoms with Gasteiger partial charge in [-0.05, 0) is 0 Å². The molecule has 0 aromatic carbocycles. The molecule has 0 aromatic rings. The zero-order chi connectivity index (χ0) is 9.72. The number of hydrogen-bond acceptors (Lipinski definition) is 6. The van der Waals surface area contributed by atoms with Gasteiger partial charge in [-0.15, -0.1) is 0 Å². The topological polar surface area (TPSA) is 124 Å². The molecule has 0 rings (SSSR count). The lowest BCUT2D eigenvalue weighted by Crippen LogP contribution is -2.49. The molecule has 0 aromatic heterocycles. The Kier molecular flexibility index (Phi) is 4.95. The molecule has 72 valence electrons. The smallest absolute Gasteiger partial charge is 0.182 e. The van der Waals surface area contributed by atoms with E-state index in [4.69, 9.17) is 26.2 Å². The zero-order valence-electron chi connectivity index (χ0n) is 6.42. The quantitative estimate of drug-likeness (QED) is 0.299. The SMILES string of the molecule is N[C@H](C(=O)[C@@H](O)CO)[C@H](O)CO. The molecule has 0 saturated heterocycles. The second kappa shape index (κ2) is 5.18. The molecular weight excluding hydrogens is 166 g/mol. The lowest BCUT2D eigenvalue weighted by Gasteiger charge is -2.17. The van der Waals surface area contributed by atoms with Crippen LogP contribution >= 0.6 is 0 Å². The van der Waals surface area contributed by atoms with Crippen LogP contribution in [-0.4, -0.2) is 57.7 Å². The van der Waals surface area contributed by atoms with Gasteiger partial charge in [0.25, 0.3) is 0 Å². The van der Waals surface area contributed by atoms with Gasteiger partial charge in [0.15, 0.2) is 5.78 Å². The number of aliphatic hydroxyl groups is 4. The van der Waals surface area contributed by atoms with Crippen molar-refractivity contribution in [3.05, 3.63) is 0 Å². The molecule has 0 fully saturated rings. The van der Waals surface area contributed by atoms with Gasteiger partial charge in [-0.1, -0.05) is 0 Å². The van der Waals surface area contributed by atoms with Crippen LogP contribution in [0.4, 0.5) is 0 Å². The molecule has 0 amide bonds. The van der Waals surface area contributed by atoms with E-state index < -0.39 is 37.2 Å². The molecule has 0 saturated carbocycles. The number of nitrogens with two attached hydrogens (primary N) is 1. The first-order chi connectivity index (χ1) is 5.54. The summed E-state index contributed by atoms with van der Waals surface area (Å²) in [6.07, 6.45) is -3.00. The molecule has 6 heteroatoms. The minimum Gasteiger partial charge on any atom is -0.394 e. The second-order valence-corrected chi connectivity index (χ2v) is 2.38. The Morgan fingerprint density at radius 3 is 2.08 bits per heavy atom. The first-order valence-corrected chi connectivity index (χ1v) is 3.41. The third kappa shape index (κ3) is 2.84. The normalized spacial score (nSPS) is 18.4. The highest BCUT2D eigenvalue weighted by atomic mass is 16.3. The lowest BCUT2D eigenvalue weighted by atomic mass is 10.0. The Hall–Kier alpha value is -0.530. The van der Waals surface area contributed by atoms with Gasteiger partial charge >= 0.3 is 0 Å². The Labute approximate surface area is 69.2 Å². The van der Waals surface area contributed by atoms with Crippen LogP contribution in [0, 0.1) is 0 Å². The van der Waals surface area contributed by atoms with Crippen LogP contribution in [0.15, 0.2) is 0 Å². The molecule has 12 heavy (non-hydrogen) atoms. The number of carbonyl (C=O) groups excluding carboxylic acids is 1. The maximum atomic E-state index is 10.9. The number of carbonyl (C=O) groups is 1. The summed E-state index contributed by atoms with van der Waals surface area (Å²) in [7, 11) is 0. The van der Waals surface area contributed by atoms with Crippen molar-refractivity contribution in [1.82, 2.24) is 0 Å². The molecule has 6 nitrogen and oxygen atoms in total. The van der Waals surface area contributed by atoms with Crippen molar-refractivity contribution in [3.8, 4) is 0 Å². The van der Waals surface area contributed by atoms with Crippen LogP contribution in [0.5, 0.6) is 0 Å². The lowest BCUT2D eigenvalue weighted by molar-refractivity contribution is -0.133. The molecule has 0 aliphatic carbocycles. The molecule has 0 bridgehead atoms. The van der Waals surface area contributed by atoms with Gasteiger partial charge in [0, 0.05) is 0 Å². The summed E-state index contributed by atoms with van der Waals surface area (Å²) in [5.74, 6) is -0.890.